The van der Waals surface area contributed by atoms with Crippen molar-refractivity contribution < 1.29 is 0 Å². The first-order valence-corrected chi connectivity index (χ1v) is 7.32. The van der Waals surface area contributed by atoms with Crippen LogP contribution in [0.25, 0.3) is 0 Å². The fraction of sp³-hybridized carbons (Fsp3) is 0.625. The third kappa shape index (κ3) is 3.56. The van der Waals surface area contributed by atoms with Gasteiger partial charge in [0.15, 0.2) is 0 Å². The average molecular weight is 246 g/mol. The van der Waals surface area contributed by atoms with Crippen molar-refractivity contribution in [2.45, 2.75) is 57.9 Å². The summed E-state index contributed by atoms with van der Waals surface area (Å²) in [4.78, 5) is 0. The molecule has 0 heterocycles. The zero-order chi connectivity index (χ0) is 12.8. The van der Waals surface area contributed by atoms with Gasteiger partial charge in [0.2, 0.25) is 0 Å². The van der Waals surface area contributed by atoms with Crippen LogP contribution < -0.4 is 11.3 Å². The molecule has 1 fully saturated rings. The molecule has 1 aromatic rings. The molecule has 1 atom stereocenters. The van der Waals surface area contributed by atoms with E-state index in [1.807, 2.05) is 0 Å². The second kappa shape index (κ2) is 6.91. The van der Waals surface area contributed by atoms with Gasteiger partial charge in [-0.3, -0.25) is 11.3 Å². The maximum Gasteiger partial charge on any atom is 0.0241 e. The van der Waals surface area contributed by atoms with E-state index >= 15 is 0 Å². The van der Waals surface area contributed by atoms with E-state index in [2.05, 4.69) is 36.6 Å². The Hall–Kier alpha value is -0.860. The van der Waals surface area contributed by atoms with Crippen LogP contribution in [-0.4, -0.2) is 6.04 Å². The van der Waals surface area contributed by atoms with Crippen molar-refractivity contribution in [3.05, 3.63) is 35.4 Å². The number of hydrogen-bond acceptors (Lipinski definition) is 2. The molecular weight excluding hydrogens is 220 g/mol. The predicted octanol–water partition coefficient (Wildman–Crippen LogP) is 3.34. The lowest BCUT2D eigenvalue weighted by Crippen LogP contribution is -2.42. The zero-order valence-electron chi connectivity index (χ0n) is 11.5. The third-order valence-electron chi connectivity index (χ3n) is 4.42. The molecule has 0 bridgehead atoms. The summed E-state index contributed by atoms with van der Waals surface area (Å²) in [7, 11) is 0. The monoisotopic (exact) mass is 246 g/mol. The summed E-state index contributed by atoms with van der Waals surface area (Å²) in [6.07, 6.45) is 9.17. The molecule has 2 rings (SSSR count). The van der Waals surface area contributed by atoms with Crippen LogP contribution >= 0.6 is 0 Å². The van der Waals surface area contributed by atoms with Crippen molar-refractivity contribution >= 4 is 0 Å². The van der Waals surface area contributed by atoms with Gasteiger partial charge in [-0.05, 0) is 49.7 Å². The van der Waals surface area contributed by atoms with Crippen LogP contribution in [0.5, 0.6) is 0 Å². The quantitative estimate of drug-likeness (QED) is 0.617. The Morgan fingerprint density at radius 2 is 1.94 bits per heavy atom. The van der Waals surface area contributed by atoms with Gasteiger partial charge in [0, 0.05) is 6.04 Å². The summed E-state index contributed by atoms with van der Waals surface area (Å²) in [6.45, 7) is 2.20. The van der Waals surface area contributed by atoms with E-state index in [-0.39, 0.29) is 0 Å². The molecule has 0 spiro atoms. The number of aryl methyl sites for hydroxylation is 2. The minimum absolute atomic E-state index is 0.491. The van der Waals surface area contributed by atoms with Gasteiger partial charge in [-0.15, -0.1) is 0 Å². The maximum absolute atomic E-state index is 5.76. The minimum Gasteiger partial charge on any atom is -0.271 e. The Kier molecular flexibility index (Phi) is 5.21. The van der Waals surface area contributed by atoms with E-state index in [1.54, 1.807) is 0 Å². The molecule has 0 amide bonds. The molecule has 1 aromatic carbocycles. The summed E-state index contributed by atoms with van der Waals surface area (Å²) in [5, 5.41) is 0. The van der Waals surface area contributed by atoms with Crippen molar-refractivity contribution in [3.8, 4) is 0 Å². The van der Waals surface area contributed by atoms with E-state index in [1.165, 1.54) is 43.2 Å². The first kappa shape index (κ1) is 13.6. The smallest absolute Gasteiger partial charge is 0.0241 e. The summed E-state index contributed by atoms with van der Waals surface area (Å²) in [6, 6.07) is 9.17. The van der Waals surface area contributed by atoms with Crippen molar-refractivity contribution in [2.75, 3.05) is 0 Å². The average Bonchev–Trinajstić information content (AvgIpc) is 2.42. The summed E-state index contributed by atoms with van der Waals surface area (Å²) < 4.78 is 0. The Morgan fingerprint density at radius 3 is 2.61 bits per heavy atom. The fourth-order valence-electron chi connectivity index (χ4n) is 3.19. The molecule has 0 radical (unpaired) electrons. The van der Waals surface area contributed by atoms with E-state index < -0.39 is 0 Å². The number of benzene rings is 1. The molecule has 1 unspecified atom stereocenters. The van der Waals surface area contributed by atoms with Crippen molar-refractivity contribution in [3.63, 3.8) is 0 Å². The van der Waals surface area contributed by atoms with Crippen molar-refractivity contribution in [1.82, 2.24) is 5.43 Å². The van der Waals surface area contributed by atoms with Crippen LogP contribution in [0, 0.1) is 12.8 Å². The van der Waals surface area contributed by atoms with Crippen LogP contribution in [-0.2, 0) is 6.42 Å². The standard InChI is InChI=1S/C16H26N2/c1-13-7-5-6-8-14(13)11-12-16(18-17)15-9-3-2-4-10-15/h5-8,15-16,18H,2-4,9-12,17H2,1H3. The molecule has 18 heavy (non-hydrogen) atoms. The molecule has 100 valence electrons. The van der Waals surface area contributed by atoms with E-state index in [0.717, 1.165) is 18.8 Å². The van der Waals surface area contributed by atoms with Crippen LogP contribution in [0.15, 0.2) is 24.3 Å². The van der Waals surface area contributed by atoms with Gasteiger partial charge in [-0.2, -0.15) is 0 Å². The van der Waals surface area contributed by atoms with E-state index in [0.29, 0.717) is 6.04 Å². The Balaban J connectivity index is 1.88. The number of rotatable bonds is 5. The van der Waals surface area contributed by atoms with E-state index in [9.17, 15) is 0 Å². The highest BCUT2D eigenvalue weighted by atomic mass is 15.2. The molecule has 1 aliphatic rings. The Bertz CT molecular complexity index is 356. The third-order valence-corrected chi connectivity index (χ3v) is 4.42. The van der Waals surface area contributed by atoms with E-state index in [4.69, 9.17) is 5.84 Å². The van der Waals surface area contributed by atoms with Gasteiger partial charge in [0.25, 0.3) is 0 Å². The topological polar surface area (TPSA) is 38.0 Å². The molecular formula is C16H26N2. The largest absolute Gasteiger partial charge is 0.271 e. The van der Waals surface area contributed by atoms with Gasteiger partial charge in [0.05, 0.1) is 0 Å². The van der Waals surface area contributed by atoms with Gasteiger partial charge in [0.1, 0.15) is 0 Å². The Morgan fingerprint density at radius 1 is 1.22 bits per heavy atom. The number of hydrazine groups is 1. The second-order valence-corrected chi connectivity index (χ2v) is 5.64. The molecule has 0 aliphatic heterocycles. The van der Waals surface area contributed by atoms with Crippen LogP contribution in [0.1, 0.15) is 49.7 Å². The predicted molar refractivity (Wildman–Crippen MR) is 77.2 cm³/mol. The number of hydrogen-bond donors (Lipinski definition) is 2. The fourth-order valence-corrected chi connectivity index (χ4v) is 3.19. The molecule has 3 N–H and O–H groups in total. The lowest BCUT2D eigenvalue weighted by molar-refractivity contribution is 0.260. The number of nitrogens with two attached hydrogens (primary N) is 1. The van der Waals surface area contributed by atoms with Crippen LogP contribution in [0.4, 0.5) is 0 Å². The minimum atomic E-state index is 0.491. The lowest BCUT2D eigenvalue weighted by Gasteiger charge is -2.30. The zero-order valence-corrected chi connectivity index (χ0v) is 11.5. The van der Waals surface area contributed by atoms with Crippen molar-refractivity contribution in [2.24, 2.45) is 11.8 Å². The van der Waals surface area contributed by atoms with Gasteiger partial charge in [-0.1, -0.05) is 43.5 Å². The Labute approximate surface area is 111 Å². The normalized spacial score (nSPS) is 18.8. The van der Waals surface area contributed by atoms with Gasteiger partial charge in [-0.25, -0.2) is 0 Å². The molecule has 1 saturated carbocycles. The highest BCUT2D eigenvalue weighted by molar-refractivity contribution is 5.25. The van der Waals surface area contributed by atoms with Crippen molar-refractivity contribution in [1.29, 1.82) is 0 Å². The summed E-state index contributed by atoms with van der Waals surface area (Å²) in [5.41, 5.74) is 5.93. The van der Waals surface area contributed by atoms with Crippen LogP contribution in [0.2, 0.25) is 0 Å². The molecule has 2 heteroatoms. The number of nitrogens with one attached hydrogen (secondary N) is 1. The highest BCUT2D eigenvalue weighted by Crippen LogP contribution is 2.28. The first-order chi connectivity index (χ1) is 8.81. The molecule has 0 aromatic heterocycles. The van der Waals surface area contributed by atoms with Crippen LogP contribution in [0.3, 0.4) is 0 Å². The van der Waals surface area contributed by atoms with Gasteiger partial charge >= 0.3 is 0 Å². The first-order valence-electron chi connectivity index (χ1n) is 7.32. The molecule has 2 nitrogen and oxygen atoms in total. The maximum atomic E-state index is 5.76. The molecule has 1 aliphatic carbocycles. The SMILES string of the molecule is Cc1ccccc1CCC(NN)C1CCCCC1. The second-order valence-electron chi connectivity index (χ2n) is 5.64. The van der Waals surface area contributed by atoms with Gasteiger partial charge < -0.3 is 0 Å². The lowest BCUT2D eigenvalue weighted by atomic mass is 9.82. The summed E-state index contributed by atoms with van der Waals surface area (Å²) >= 11 is 0. The summed E-state index contributed by atoms with van der Waals surface area (Å²) in [5.74, 6) is 6.54. The molecule has 0 saturated heterocycles. The highest BCUT2D eigenvalue weighted by Gasteiger charge is 2.22.